The standard InChI is InChI=1S/C19H26N6O5S.C2HF3O2/c1-13-5-3-4-6-15(13)12-31(28,29)24-16-8-7-14(2)25(18(16)27)11-17(26)22-9-10-30-23-19(20)21;3-2(4,5)1(6)7/h3-8,24H,9-12H2,1-2H3,(H,22,26)(H4,20,21,23);(H,6,7). The molecule has 1 amide bonds. The van der Waals surface area contributed by atoms with Gasteiger partial charge in [-0.15, -0.1) is 0 Å². The molecule has 1 aromatic heterocycles. The Hall–Kier alpha value is -4.12. The number of aromatic nitrogens is 1. The van der Waals surface area contributed by atoms with Gasteiger partial charge in [-0.1, -0.05) is 24.3 Å². The summed E-state index contributed by atoms with van der Waals surface area (Å²) in [6, 6.07) is 10.0. The molecule has 7 N–H and O–H groups in total. The van der Waals surface area contributed by atoms with Gasteiger partial charge in [-0.3, -0.25) is 24.6 Å². The van der Waals surface area contributed by atoms with Crippen LogP contribution in [0.25, 0.3) is 0 Å². The molecule has 0 radical (unpaired) electrons. The molecule has 210 valence electrons. The van der Waals surface area contributed by atoms with Crippen molar-refractivity contribution in [1.82, 2.24) is 15.4 Å². The van der Waals surface area contributed by atoms with Gasteiger partial charge in [-0.2, -0.15) is 13.2 Å². The first kappa shape index (κ1) is 31.9. The predicted octanol–water partition coefficient (Wildman–Crippen LogP) is 0.571. The van der Waals surface area contributed by atoms with Crippen molar-refractivity contribution in [2.45, 2.75) is 32.3 Å². The van der Waals surface area contributed by atoms with Crippen LogP contribution < -0.4 is 26.8 Å². The molecule has 1 aromatic carbocycles. The number of carbonyl (C=O) groups is 2. The number of carbonyl (C=O) groups excluding carboxylic acids is 1. The highest BCUT2D eigenvalue weighted by Gasteiger charge is 2.38. The molecular weight excluding hydrogens is 537 g/mol. The number of guanidine groups is 1. The quantitative estimate of drug-likeness (QED) is 0.103. The molecule has 0 saturated heterocycles. The second kappa shape index (κ2) is 14.0. The number of sulfonamides is 1. The lowest BCUT2D eigenvalue weighted by Gasteiger charge is -2.14. The Balaban J connectivity index is 0.000000905. The number of aliphatic carboxylic acids is 1. The van der Waals surface area contributed by atoms with Crippen LogP contribution in [0, 0.1) is 19.3 Å². The first-order chi connectivity index (χ1) is 17.5. The summed E-state index contributed by atoms with van der Waals surface area (Å²) in [5.41, 5.74) is 8.36. The number of benzene rings is 1. The molecule has 0 bridgehead atoms. The van der Waals surface area contributed by atoms with Crippen molar-refractivity contribution in [3.63, 3.8) is 0 Å². The molecule has 0 unspecified atom stereocenters. The number of aryl methyl sites for hydroxylation is 2. The van der Waals surface area contributed by atoms with E-state index < -0.39 is 33.6 Å². The third-order valence-corrected chi connectivity index (χ3v) is 5.74. The van der Waals surface area contributed by atoms with Crippen molar-refractivity contribution in [2.24, 2.45) is 5.73 Å². The van der Waals surface area contributed by atoms with E-state index in [1.165, 1.54) is 10.6 Å². The first-order valence-corrected chi connectivity index (χ1v) is 12.2. The number of hydrogen-bond donors (Lipinski definition) is 6. The van der Waals surface area contributed by atoms with Crippen LogP contribution in [0.15, 0.2) is 41.2 Å². The summed E-state index contributed by atoms with van der Waals surface area (Å²) in [5, 5.41) is 16.6. The van der Waals surface area contributed by atoms with Crippen LogP contribution in [0.4, 0.5) is 18.9 Å². The number of alkyl halides is 3. The third kappa shape index (κ3) is 11.3. The summed E-state index contributed by atoms with van der Waals surface area (Å²) in [6.45, 7) is 3.33. The van der Waals surface area contributed by atoms with Crippen molar-refractivity contribution in [1.29, 1.82) is 5.41 Å². The molecule has 0 saturated carbocycles. The molecule has 38 heavy (non-hydrogen) atoms. The highest BCUT2D eigenvalue weighted by molar-refractivity contribution is 7.91. The lowest BCUT2D eigenvalue weighted by atomic mass is 10.1. The number of amides is 1. The molecule has 0 aliphatic carbocycles. The normalized spacial score (nSPS) is 11.1. The number of hydrogen-bond acceptors (Lipinski definition) is 7. The fraction of sp³-hybridized carbons (Fsp3) is 0.333. The average Bonchev–Trinajstić information content (AvgIpc) is 2.79. The summed E-state index contributed by atoms with van der Waals surface area (Å²) in [5.74, 6) is -3.86. The van der Waals surface area contributed by atoms with Gasteiger partial charge in [0.15, 0.2) is 0 Å². The number of halogens is 3. The largest absolute Gasteiger partial charge is 0.490 e. The second-order valence-electron chi connectivity index (χ2n) is 7.58. The Morgan fingerprint density at radius 2 is 1.76 bits per heavy atom. The Morgan fingerprint density at radius 1 is 1.16 bits per heavy atom. The number of nitrogens with two attached hydrogens (primary N) is 1. The van der Waals surface area contributed by atoms with Crippen molar-refractivity contribution in [3.05, 3.63) is 63.6 Å². The molecule has 17 heteroatoms. The molecule has 0 spiro atoms. The summed E-state index contributed by atoms with van der Waals surface area (Å²) in [6.07, 6.45) is -5.08. The highest BCUT2D eigenvalue weighted by Crippen LogP contribution is 2.14. The number of nitrogens with one attached hydrogen (secondary N) is 4. The summed E-state index contributed by atoms with van der Waals surface area (Å²) in [7, 11) is -3.83. The summed E-state index contributed by atoms with van der Waals surface area (Å²) < 4.78 is 60.4. The Kier molecular flexibility index (Phi) is 11.7. The first-order valence-electron chi connectivity index (χ1n) is 10.6. The Labute approximate surface area is 215 Å². The highest BCUT2D eigenvalue weighted by atomic mass is 32.2. The van der Waals surface area contributed by atoms with Crippen LogP contribution in [-0.4, -0.2) is 55.3 Å². The van der Waals surface area contributed by atoms with Crippen LogP contribution in [0.5, 0.6) is 0 Å². The van der Waals surface area contributed by atoms with Gasteiger partial charge in [0.25, 0.3) is 5.56 Å². The molecule has 0 aliphatic heterocycles. The van der Waals surface area contributed by atoms with E-state index in [4.69, 9.17) is 25.9 Å². The van der Waals surface area contributed by atoms with Crippen LogP contribution in [-0.2, 0) is 36.7 Å². The number of nitrogens with zero attached hydrogens (tertiary/aromatic N) is 1. The van der Waals surface area contributed by atoms with Crippen LogP contribution >= 0.6 is 0 Å². The molecule has 2 rings (SSSR count). The fourth-order valence-corrected chi connectivity index (χ4v) is 3.99. The lowest BCUT2D eigenvalue weighted by Crippen LogP contribution is -2.37. The fourth-order valence-electron chi connectivity index (χ4n) is 2.70. The zero-order chi connectivity index (χ0) is 29.1. The Bertz CT molecular complexity index is 1310. The van der Waals surface area contributed by atoms with Gasteiger partial charge in [-0.25, -0.2) is 18.7 Å². The van der Waals surface area contributed by atoms with Gasteiger partial charge in [-0.05, 0) is 37.1 Å². The van der Waals surface area contributed by atoms with E-state index in [-0.39, 0.29) is 37.1 Å². The van der Waals surface area contributed by atoms with Crippen molar-refractivity contribution in [2.75, 3.05) is 17.9 Å². The Morgan fingerprint density at radius 3 is 2.32 bits per heavy atom. The van der Waals surface area contributed by atoms with Gasteiger partial charge in [0, 0.05) is 12.2 Å². The van der Waals surface area contributed by atoms with Crippen LogP contribution in [0.2, 0.25) is 0 Å². The van der Waals surface area contributed by atoms with Gasteiger partial charge < -0.3 is 20.7 Å². The number of anilines is 1. The zero-order valence-electron chi connectivity index (χ0n) is 20.3. The number of rotatable bonds is 10. The number of hydroxylamine groups is 1. The maximum atomic E-state index is 12.8. The van der Waals surface area contributed by atoms with Crippen LogP contribution in [0.1, 0.15) is 16.8 Å². The molecule has 1 heterocycles. The second-order valence-corrected chi connectivity index (χ2v) is 9.31. The van der Waals surface area contributed by atoms with E-state index in [9.17, 15) is 31.2 Å². The average molecular weight is 565 g/mol. The van der Waals surface area contributed by atoms with Gasteiger partial charge in [0.2, 0.25) is 21.9 Å². The maximum absolute atomic E-state index is 12.8. The molecule has 0 fully saturated rings. The van der Waals surface area contributed by atoms with Crippen LogP contribution in [0.3, 0.4) is 0 Å². The topological polar surface area (TPSA) is 206 Å². The van der Waals surface area contributed by atoms with Crippen molar-refractivity contribution >= 4 is 33.5 Å². The number of pyridine rings is 1. The maximum Gasteiger partial charge on any atom is 0.490 e. The predicted molar refractivity (Wildman–Crippen MR) is 131 cm³/mol. The van der Waals surface area contributed by atoms with E-state index in [1.807, 2.05) is 19.1 Å². The lowest BCUT2D eigenvalue weighted by molar-refractivity contribution is -0.192. The van der Waals surface area contributed by atoms with E-state index in [1.54, 1.807) is 25.1 Å². The molecular formula is C21H27F3N6O7S. The van der Waals surface area contributed by atoms with Crippen molar-refractivity contribution in [3.8, 4) is 0 Å². The van der Waals surface area contributed by atoms with Gasteiger partial charge >= 0.3 is 12.1 Å². The smallest absolute Gasteiger partial charge is 0.475 e. The van der Waals surface area contributed by atoms with E-state index in [0.29, 0.717) is 11.3 Å². The molecule has 2 aromatic rings. The van der Waals surface area contributed by atoms with Crippen molar-refractivity contribution < 1.29 is 41.1 Å². The molecule has 0 atom stereocenters. The minimum absolute atomic E-state index is 0.0535. The third-order valence-electron chi connectivity index (χ3n) is 4.52. The summed E-state index contributed by atoms with van der Waals surface area (Å²) >= 11 is 0. The summed E-state index contributed by atoms with van der Waals surface area (Å²) in [4.78, 5) is 38.6. The molecule has 0 aliphatic rings. The SMILES string of the molecule is Cc1ccccc1CS(=O)(=O)Nc1ccc(C)n(CC(=O)NCCONC(=N)N)c1=O.O=C(O)C(F)(F)F. The van der Waals surface area contributed by atoms with E-state index >= 15 is 0 Å². The number of carboxylic acids is 1. The van der Waals surface area contributed by atoms with Gasteiger partial charge in [0.05, 0.1) is 12.4 Å². The van der Waals surface area contributed by atoms with Gasteiger partial charge in [0.1, 0.15) is 12.2 Å². The monoisotopic (exact) mass is 564 g/mol. The zero-order valence-corrected chi connectivity index (χ0v) is 21.1. The minimum Gasteiger partial charge on any atom is -0.475 e. The minimum atomic E-state index is -5.08. The van der Waals surface area contributed by atoms with E-state index in [0.717, 1.165) is 5.56 Å². The molecule has 13 nitrogen and oxygen atoms in total. The van der Waals surface area contributed by atoms with E-state index in [2.05, 4.69) is 15.5 Å². The number of carboxylic acid groups (broad SMARTS) is 1.